The van der Waals surface area contributed by atoms with Gasteiger partial charge in [-0.1, -0.05) is 36.4 Å². The molecule has 0 spiro atoms. The van der Waals surface area contributed by atoms with Crippen LogP contribution in [0.1, 0.15) is 5.56 Å². The summed E-state index contributed by atoms with van der Waals surface area (Å²) in [5, 5.41) is 0. The van der Waals surface area contributed by atoms with E-state index in [1.807, 2.05) is 30.3 Å². The molecule has 0 fully saturated rings. The minimum Gasteiger partial charge on any atom is -0.490 e. The van der Waals surface area contributed by atoms with Crippen molar-refractivity contribution < 1.29 is 17.5 Å². The van der Waals surface area contributed by atoms with Crippen LogP contribution in [0.2, 0.25) is 0 Å². The lowest BCUT2D eigenvalue weighted by Gasteiger charge is -2.27. The van der Waals surface area contributed by atoms with Gasteiger partial charge in [0.2, 0.25) is 10.0 Å². The van der Waals surface area contributed by atoms with Gasteiger partial charge in [-0.15, -0.1) is 6.58 Å². The van der Waals surface area contributed by atoms with Gasteiger partial charge >= 0.3 is 0 Å². The summed E-state index contributed by atoms with van der Waals surface area (Å²) in [6.07, 6.45) is 2.05. The zero-order valence-corrected chi connectivity index (χ0v) is 13.9. The SMILES string of the molecule is C=CCN1[C@H](Cc2ccccc2)COc2cc(F)ccc2S1(=O)=O. The average molecular weight is 347 g/mol. The van der Waals surface area contributed by atoms with Gasteiger partial charge in [0.05, 0.1) is 6.04 Å². The zero-order chi connectivity index (χ0) is 17.2. The van der Waals surface area contributed by atoms with E-state index in [1.165, 1.54) is 10.4 Å². The van der Waals surface area contributed by atoms with Crippen molar-refractivity contribution in [2.45, 2.75) is 17.4 Å². The number of nitrogens with zero attached hydrogens (tertiary/aromatic N) is 1. The highest BCUT2D eigenvalue weighted by Gasteiger charge is 2.36. The van der Waals surface area contributed by atoms with Gasteiger partial charge in [-0.3, -0.25) is 0 Å². The zero-order valence-electron chi connectivity index (χ0n) is 13.1. The van der Waals surface area contributed by atoms with E-state index in [2.05, 4.69) is 6.58 Å². The summed E-state index contributed by atoms with van der Waals surface area (Å²) < 4.78 is 46.5. The Labute approximate surface area is 141 Å². The van der Waals surface area contributed by atoms with Crippen molar-refractivity contribution in [2.75, 3.05) is 13.2 Å². The molecule has 3 rings (SSSR count). The lowest BCUT2D eigenvalue weighted by atomic mass is 10.1. The van der Waals surface area contributed by atoms with Crippen LogP contribution in [0.15, 0.2) is 66.1 Å². The minimum absolute atomic E-state index is 0.0127. The molecule has 0 bridgehead atoms. The lowest BCUT2D eigenvalue weighted by Crippen LogP contribution is -2.43. The molecule has 0 aromatic heterocycles. The third-order valence-corrected chi connectivity index (χ3v) is 5.91. The molecule has 6 heteroatoms. The fourth-order valence-corrected chi connectivity index (χ4v) is 4.52. The highest BCUT2D eigenvalue weighted by Crippen LogP contribution is 2.32. The molecule has 2 aromatic rings. The molecular weight excluding hydrogens is 329 g/mol. The van der Waals surface area contributed by atoms with E-state index in [4.69, 9.17) is 4.74 Å². The normalized spacial score (nSPS) is 19.8. The first kappa shape index (κ1) is 16.7. The molecule has 0 aliphatic carbocycles. The average Bonchev–Trinajstić information content (AvgIpc) is 2.66. The van der Waals surface area contributed by atoms with Gasteiger partial charge in [0.1, 0.15) is 23.1 Å². The van der Waals surface area contributed by atoms with Crippen LogP contribution in [0, 0.1) is 5.82 Å². The molecule has 1 atom stereocenters. The second-order valence-electron chi connectivity index (χ2n) is 5.61. The Morgan fingerprint density at radius 1 is 1.25 bits per heavy atom. The predicted octanol–water partition coefficient (Wildman–Crippen LogP) is 3.01. The summed E-state index contributed by atoms with van der Waals surface area (Å²) >= 11 is 0. The quantitative estimate of drug-likeness (QED) is 0.799. The standard InChI is InChI=1S/C18H18FNO3S/c1-2-10-20-16(11-14-6-4-3-5-7-14)13-23-17-12-15(19)8-9-18(17)24(20,21)22/h2-9,12,16H,1,10-11,13H2/t16-/m1/s1. The summed E-state index contributed by atoms with van der Waals surface area (Å²) in [6.45, 7) is 3.97. The van der Waals surface area contributed by atoms with E-state index in [1.54, 1.807) is 6.08 Å². The van der Waals surface area contributed by atoms with Crippen molar-refractivity contribution in [3.63, 3.8) is 0 Å². The number of rotatable bonds is 4. The van der Waals surface area contributed by atoms with Gasteiger partial charge in [-0.25, -0.2) is 12.8 Å². The number of benzene rings is 2. The highest BCUT2D eigenvalue weighted by atomic mass is 32.2. The Hall–Kier alpha value is -2.18. The number of fused-ring (bicyclic) bond motifs is 1. The van der Waals surface area contributed by atoms with Crippen LogP contribution >= 0.6 is 0 Å². The van der Waals surface area contributed by atoms with Crippen molar-refractivity contribution in [2.24, 2.45) is 0 Å². The molecule has 4 nitrogen and oxygen atoms in total. The Morgan fingerprint density at radius 3 is 2.71 bits per heavy atom. The number of halogens is 1. The molecule has 0 radical (unpaired) electrons. The molecule has 0 amide bonds. The second kappa shape index (κ2) is 6.75. The van der Waals surface area contributed by atoms with E-state index in [9.17, 15) is 12.8 Å². The molecule has 0 saturated carbocycles. The van der Waals surface area contributed by atoms with Crippen LogP contribution in [0.25, 0.3) is 0 Å². The van der Waals surface area contributed by atoms with Crippen molar-refractivity contribution in [3.8, 4) is 5.75 Å². The second-order valence-corrected chi connectivity index (χ2v) is 7.47. The van der Waals surface area contributed by atoms with Crippen LogP contribution in [-0.4, -0.2) is 31.9 Å². The first-order chi connectivity index (χ1) is 11.5. The summed E-state index contributed by atoms with van der Waals surface area (Å²) in [7, 11) is -3.80. The third kappa shape index (κ3) is 3.20. The predicted molar refractivity (Wildman–Crippen MR) is 89.9 cm³/mol. The fraction of sp³-hybridized carbons (Fsp3) is 0.222. The number of hydrogen-bond donors (Lipinski definition) is 0. The fourth-order valence-electron chi connectivity index (χ4n) is 2.82. The maximum absolute atomic E-state index is 13.5. The van der Waals surface area contributed by atoms with Crippen LogP contribution in [0.5, 0.6) is 5.75 Å². The molecular formula is C18H18FNO3S. The lowest BCUT2D eigenvalue weighted by molar-refractivity contribution is 0.218. The smallest absolute Gasteiger partial charge is 0.247 e. The summed E-state index contributed by atoms with van der Waals surface area (Å²) in [4.78, 5) is -0.0127. The Morgan fingerprint density at radius 2 is 2.00 bits per heavy atom. The molecule has 0 N–H and O–H groups in total. The van der Waals surface area contributed by atoms with Crippen LogP contribution in [0.3, 0.4) is 0 Å². The monoisotopic (exact) mass is 347 g/mol. The molecule has 24 heavy (non-hydrogen) atoms. The van der Waals surface area contributed by atoms with E-state index >= 15 is 0 Å². The van der Waals surface area contributed by atoms with Crippen molar-refractivity contribution in [1.29, 1.82) is 0 Å². The van der Waals surface area contributed by atoms with Crippen LogP contribution in [-0.2, 0) is 16.4 Å². The van der Waals surface area contributed by atoms with Crippen LogP contribution < -0.4 is 4.74 Å². The maximum Gasteiger partial charge on any atom is 0.247 e. The Bertz CT molecular complexity index is 837. The summed E-state index contributed by atoms with van der Waals surface area (Å²) in [5.41, 5.74) is 1.01. The van der Waals surface area contributed by atoms with E-state index in [0.29, 0.717) is 6.42 Å². The number of ether oxygens (including phenoxy) is 1. The highest BCUT2D eigenvalue weighted by molar-refractivity contribution is 7.89. The Kier molecular flexibility index (Phi) is 4.69. The number of sulfonamides is 1. The summed E-state index contributed by atoms with van der Waals surface area (Å²) in [6, 6.07) is 12.7. The van der Waals surface area contributed by atoms with E-state index in [-0.39, 0.29) is 23.8 Å². The van der Waals surface area contributed by atoms with Crippen molar-refractivity contribution in [1.82, 2.24) is 4.31 Å². The molecule has 2 aromatic carbocycles. The number of hydrogen-bond acceptors (Lipinski definition) is 3. The van der Waals surface area contributed by atoms with Crippen molar-refractivity contribution in [3.05, 3.63) is 72.6 Å². The van der Waals surface area contributed by atoms with Gasteiger partial charge < -0.3 is 4.74 Å². The topological polar surface area (TPSA) is 46.6 Å². The Balaban J connectivity index is 2.02. The van der Waals surface area contributed by atoms with Gasteiger partial charge in [0, 0.05) is 12.6 Å². The maximum atomic E-state index is 13.5. The molecule has 1 heterocycles. The molecule has 126 valence electrons. The van der Waals surface area contributed by atoms with Gasteiger partial charge in [0.15, 0.2) is 0 Å². The summed E-state index contributed by atoms with van der Waals surface area (Å²) in [5.74, 6) is -0.472. The van der Waals surface area contributed by atoms with Gasteiger partial charge in [-0.2, -0.15) is 4.31 Å². The first-order valence-electron chi connectivity index (χ1n) is 7.61. The van der Waals surface area contributed by atoms with E-state index < -0.39 is 21.9 Å². The third-order valence-electron chi connectivity index (χ3n) is 3.95. The molecule has 1 aliphatic rings. The first-order valence-corrected chi connectivity index (χ1v) is 9.05. The molecule has 0 unspecified atom stereocenters. The largest absolute Gasteiger partial charge is 0.490 e. The molecule has 0 saturated heterocycles. The van der Waals surface area contributed by atoms with Crippen molar-refractivity contribution >= 4 is 10.0 Å². The van der Waals surface area contributed by atoms with E-state index in [0.717, 1.165) is 17.7 Å². The van der Waals surface area contributed by atoms with Crippen LogP contribution in [0.4, 0.5) is 4.39 Å². The van der Waals surface area contributed by atoms with Gasteiger partial charge in [-0.05, 0) is 24.1 Å². The minimum atomic E-state index is -3.80. The molecule has 1 aliphatic heterocycles. The van der Waals surface area contributed by atoms with Gasteiger partial charge in [0.25, 0.3) is 0 Å².